The molecule has 15 heavy (non-hydrogen) atoms. The van der Waals surface area contributed by atoms with E-state index in [0.717, 1.165) is 29.0 Å². The van der Waals surface area contributed by atoms with Crippen LogP contribution in [0, 0.1) is 6.92 Å². The van der Waals surface area contributed by atoms with Gasteiger partial charge in [0.25, 0.3) is 0 Å². The van der Waals surface area contributed by atoms with Gasteiger partial charge in [0.05, 0.1) is 12.0 Å². The highest BCUT2D eigenvalue weighted by Crippen LogP contribution is 2.15. The van der Waals surface area contributed by atoms with Crippen molar-refractivity contribution in [1.82, 2.24) is 23.9 Å². The van der Waals surface area contributed by atoms with E-state index in [2.05, 4.69) is 21.9 Å². The molecule has 3 rings (SSSR count). The van der Waals surface area contributed by atoms with Crippen LogP contribution in [0.5, 0.6) is 0 Å². The van der Waals surface area contributed by atoms with Gasteiger partial charge in [-0.05, 0) is 13.8 Å². The zero-order chi connectivity index (χ0) is 10.4. The van der Waals surface area contributed by atoms with E-state index in [1.54, 1.807) is 6.33 Å². The zero-order valence-corrected chi connectivity index (χ0v) is 8.68. The van der Waals surface area contributed by atoms with Gasteiger partial charge in [-0.1, -0.05) is 0 Å². The molecule has 5 heteroatoms. The normalized spacial score (nSPS) is 11.6. The van der Waals surface area contributed by atoms with Gasteiger partial charge in [-0.2, -0.15) is 0 Å². The first-order valence-corrected chi connectivity index (χ1v) is 4.94. The van der Waals surface area contributed by atoms with Crippen LogP contribution in [-0.2, 0) is 6.54 Å². The van der Waals surface area contributed by atoms with E-state index >= 15 is 0 Å². The largest absolute Gasteiger partial charge is 0.315 e. The Morgan fingerprint density at radius 1 is 1.20 bits per heavy atom. The van der Waals surface area contributed by atoms with Crippen LogP contribution < -0.4 is 0 Å². The van der Waals surface area contributed by atoms with Gasteiger partial charge in [0.15, 0.2) is 16.8 Å². The predicted octanol–water partition coefficient (Wildman–Crippen LogP) is 1.41. The van der Waals surface area contributed by atoms with Crippen LogP contribution in [0.3, 0.4) is 0 Å². The van der Waals surface area contributed by atoms with Gasteiger partial charge in [0.2, 0.25) is 0 Å². The summed E-state index contributed by atoms with van der Waals surface area (Å²) in [6.45, 7) is 4.92. The topological polar surface area (TPSA) is 48.0 Å². The van der Waals surface area contributed by atoms with Crippen molar-refractivity contribution >= 4 is 16.8 Å². The summed E-state index contributed by atoms with van der Waals surface area (Å²) in [5.74, 6) is 0. The van der Waals surface area contributed by atoms with E-state index in [-0.39, 0.29) is 0 Å². The number of fused-ring (bicyclic) bond motifs is 3. The Morgan fingerprint density at radius 2 is 2.07 bits per heavy atom. The van der Waals surface area contributed by atoms with Crippen molar-refractivity contribution in [2.45, 2.75) is 20.4 Å². The molecular formula is C10H11N5. The molecule has 0 unspecified atom stereocenters. The lowest BCUT2D eigenvalue weighted by atomic mass is 10.5. The fraction of sp³-hybridized carbons (Fsp3) is 0.300. The average molecular weight is 201 g/mol. The second-order valence-electron chi connectivity index (χ2n) is 3.56. The van der Waals surface area contributed by atoms with Crippen molar-refractivity contribution in [1.29, 1.82) is 0 Å². The van der Waals surface area contributed by atoms with Crippen LogP contribution in [0.1, 0.15) is 12.6 Å². The summed E-state index contributed by atoms with van der Waals surface area (Å²) in [6.07, 6.45) is 5.54. The Labute approximate surface area is 86.4 Å². The second kappa shape index (κ2) is 2.79. The van der Waals surface area contributed by atoms with Gasteiger partial charge < -0.3 is 4.57 Å². The van der Waals surface area contributed by atoms with Gasteiger partial charge in [-0.15, -0.1) is 0 Å². The summed E-state index contributed by atoms with van der Waals surface area (Å²) in [7, 11) is 0. The summed E-state index contributed by atoms with van der Waals surface area (Å²) < 4.78 is 3.92. The van der Waals surface area contributed by atoms with Crippen molar-refractivity contribution in [3.63, 3.8) is 0 Å². The predicted molar refractivity (Wildman–Crippen MR) is 56.7 cm³/mol. The molecule has 0 bridgehead atoms. The third-order valence-corrected chi connectivity index (χ3v) is 2.52. The first-order valence-electron chi connectivity index (χ1n) is 4.94. The van der Waals surface area contributed by atoms with E-state index < -0.39 is 0 Å². The third kappa shape index (κ3) is 1.06. The monoisotopic (exact) mass is 201 g/mol. The number of hydrogen-bond donors (Lipinski definition) is 0. The SMILES string of the molecule is CCn1cnc2c1ncn1cc(C)nc21. The van der Waals surface area contributed by atoms with Crippen LogP contribution in [0.25, 0.3) is 16.8 Å². The molecule has 0 saturated carbocycles. The molecule has 3 aromatic rings. The minimum atomic E-state index is 0.868. The van der Waals surface area contributed by atoms with Crippen LogP contribution in [0.2, 0.25) is 0 Å². The number of hydrogen-bond acceptors (Lipinski definition) is 3. The molecule has 76 valence electrons. The van der Waals surface area contributed by atoms with E-state index in [9.17, 15) is 0 Å². The van der Waals surface area contributed by atoms with E-state index in [0.29, 0.717) is 0 Å². The molecule has 5 nitrogen and oxygen atoms in total. The van der Waals surface area contributed by atoms with Gasteiger partial charge in [-0.25, -0.2) is 15.0 Å². The Balaban J connectivity index is 2.49. The van der Waals surface area contributed by atoms with Gasteiger partial charge in [-0.3, -0.25) is 4.40 Å². The second-order valence-corrected chi connectivity index (χ2v) is 3.56. The summed E-state index contributed by atoms with van der Waals surface area (Å²) in [5.41, 5.74) is 3.63. The Hall–Kier alpha value is -1.91. The first kappa shape index (κ1) is 8.40. The average Bonchev–Trinajstić information content (AvgIpc) is 2.78. The molecule has 3 aromatic heterocycles. The van der Waals surface area contributed by atoms with Crippen molar-refractivity contribution in [3.8, 4) is 0 Å². The lowest BCUT2D eigenvalue weighted by molar-refractivity contribution is 0.776. The number of imidazole rings is 2. The van der Waals surface area contributed by atoms with Crippen molar-refractivity contribution in [2.75, 3.05) is 0 Å². The third-order valence-electron chi connectivity index (χ3n) is 2.52. The van der Waals surface area contributed by atoms with Crippen LogP contribution in [0.4, 0.5) is 0 Å². The lowest BCUT2D eigenvalue weighted by Gasteiger charge is -1.97. The first-order chi connectivity index (χ1) is 7.29. The van der Waals surface area contributed by atoms with E-state index in [4.69, 9.17) is 0 Å². The smallest absolute Gasteiger partial charge is 0.168 e. The summed E-state index contributed by atoms with van der Waals surface area (Å²) in [5, 5.41) is 0. The van der Waals surface area contributed by atoms with Gasteiger partial charge in [0, 0.05) is 12.7 Å². The van der Waals surface area contributed by atoms with Gasteiger partial charge >= 0.3 is 0 Å². The standard InChI is InChI=1S/C10H11N5/c1-3-14-5-11-8-9(14)12-6-15-4-7(2)13-10(8)15/h4-6H,3H2,1-2H3. The molecule has 0 saturated heterocycles. The molecule has 3 heterocycles. The zero-order valence-electron chi connectivity index (χ0n) is 8.68. The van der Waals surface area contributed by atoms with Crippen LogP contribution >= 0.6 is 0 Å². The lowest BCUT2D eigenvalue weighted by Crippen LogP contribution is -1.95. The maximum atomic E-state index is 4.44. The number of nitrogens with zero attached hydrogens (tertiary/aromatic N) is 5. The van der Waals surface area contributed by atoms with Crippen molar-refractivity contribution < 1.29 is 0 Å². The van der Waals surface area contributed by atoms with E-state index in [1.165, 1.54) is 0 Å². The molecule has 0 aliphatic heterocycles. The maximum absolute atomic E-state index is 4.44. The molecule has 0 spiro atoms. The number of aromatic nitrogens is 5. The summed E-state index contributed by atoms with van der Waals surface area (Å²) >= 11 is 0. The van der Waals surface area contributed by atoms with E-state index in [1.807, 2.05) is 28.4 Å². The molecule has 0 aromatic carbocycles. The Morgan fingerprint density at radius 3 is 2.87 bits per heavy atom. The molecule has 0 atom stereocenters. The fourth-order valence-electron chi connectivity index (χ4n) is 1.80. The fourth-order valence-corrected chi connectivity index (χ4v) is 1.80. The molecular weight excluding hydrogens is 190 g/mol. The maximum Gasteiger partial charge on any atom is 0.168 e. The molecule has 0 N–H and O–H groups in total. The van der Waals surface area contributed by atoms with Crippen molar-refractivity contribution in [3.05, 3.63) is 24.5 Å². The quantitative estimate of drug-likeness (QED) is 0.598. The molecule has 0 fully saturated rings. The highest BCUT2D eigenvalue weighted by atomic mass is 15.1. The van der Waals surface area contributed by atoms with Crippen LogP contribution in [-0.4, -0.2) is 23.9 Å². The minimum Gasteiger partial charge on any atom is -0.315 e. The minimum absolute atomic E-state index is 0.868. The highest BCUT2D eigenvalue weighted by Gasteiger charge is 2.09. The summed E-state index contributed by atoms with van der Waals surface area (Å²) in [6, 6.07) is 0. The number of rotatable bonds is 1. The highest BCUT2D eigenvalue weighted by molar-refractivity contribution is 5.85. The van der Waals surface area contributed by atoms with Crippen molar-refractivity contribution in [2.24, 2.45) is 0 Å². The molecule has 0 amide bonds. The summed E-state index contributed by atoms with van der Waals surface area (Å²) in [4.78, 5) is 13.2. The molecule has 0 radical (unpaired) electrons. The van der Waals surface area contributed by atoms with Crippen LogP contribution in [0.15, 0.2) is 18.9 Å². The molecule has 0 aliphatic rings. The number of aryl methyl sites for hydroxylation is 2. The Kier molecular flexibility index (Phi) is 1.56. The Bertz CT molecular complexity index is 634. The van der Waals surface area contributed by atoms with Gasteiger partial charge in [0.1, 0.15) is 6.33 Å². The molecule has 0 aliphatic carbocycles.